The third-order valence-electron chi connectivity index (χ3n) is 1.52. The van der Waals surface area contributed by atoms with Crippen LogP contribution in [0.2, 0.25) is 0 Å². The lowest BCUT2D eigenvalue weighted by Gasteiger charge is -2.24. The van der Waals surface area contributed by atoms with Crippen molar-refractivity contribution in [2.75, 3.05) is 31.3 Å². The molecule has 1 aliphatic heterocycles. The number of hydrogen-bond acceptors (Lipinski definition) is 4. The Morgan fingerprint density at radius 3 is 2.91 bits per heavy atom. The van der Waals surface area contributed by atoms with E-state index in [2.05, 4.69) is 10.1 Å². The van der Waals surface area contributed by atoms with Gasteiger partial charge in [0.25, 0.3) is 0 Å². The monoisotopic (exact) mass is 174 g/mol. The fourth-order valence-corrected chi connectivity index (χ4v) is 1.90. The van der Waals surface area contributed by atoms with Crippen molar-refractivity contribution in [3.05, 3.63) is 0 Å². The van der Waals surface area contributed by atoms with Crippen molar-refractivity contribution in [2.24, 2.45) is 5.16 Å². The van der Waals surface area contributed by atoms with Crippen molar-refractivity contribution < 1.29 is 4.84 Å². The summed E-state index contributed by atoms with van der Waals surface area (Å²) in [4.78, 5) is 7.28. The second-order valence-electron chi connectivity index (χ2n) is 2.35. The van der Waals surface area contributed by atoms with Gasteiger partial charge in [-0.05, 0) is 6.92 Å². The lowest BCUT2D eigenvalue weighted by Crippen LogP contribution is -2.33. The van der Waals surface area contributed by atoms with Gasteiger partial charge in [-0.25, -0.2) is 0 Å². The number of thioether (sulfide) groups is 1. The zero-order valence-corrected chi connectivity index (χ0v) is 7.64. The van der Waals surface area contributed by atoms with E-state index in [0.29, 0.717) is 6.73 Å². The molecule has 0 bridgehead atoms. The molecule has 1 rings (SSSR count). The highest BCUT2D eigenvalue weighted by Crippen LogP contribution is 2.08. The van der Waals surface area contributed by atoms with E-state index < -0.39 is 0 Å². The number of oxime groups is 1. The summed E-state index contributed by atoms with van der Waals surface area (Å²) in [5.74, 6) is 2.44. The van der Waals surface area contributed by atoms with Crippen LogP contribution in [0.15, 0.2) is 5.16 Å². The summed E-state index contributed by atoms with van der Waals surface area (Å²) >= 11 is 2.00. The fourth-order valence-electron chi connectivity index (χ4n) is 0.920. The van der Waals surface area contributed by atoms with Gasteiger partial charge < -0.3 is 4.84 Å². The van der Waals surface area contributed by atoms with Crippen LogP contribution < -0.4 is 0 Å². The predicted molar refractivity (Wildman–Crippen MR) is 49.0 cm³/mol. The number of rotatable bonds is 3. The molecule has 1 aliphatic rings. The number of hydrogen-bond donors (Lipinski definition) is 0. The van der Waals surface area contributed by atoms with Gasteiger partial charge in [0.1, 0.15) is 0 Å². The first kappa shape index (κ1) is 8.87. The SMILES string of the molecule is C/C=N\OCN1CCSCC1. The molecular formula is C7H14N2OS. The molecule has 0 N–H and O–H groups in total. The van der Waals surface area contributed by atoms with Crippen LogP contribution in [0, 0.1) is 0 Å². The average molecular weight is 174 g/mol. The van der Waals surface area contributed by atoms with Gasteiger partial charge in [0, 0.05) is 30.8 Å². The van der Waals surface area contributed by atoms with E-state index in [4.69, 9.17) is 4.84 Å². The van der Waals surface area contributed by atoms with Crippen LogP contribution in [-0.4, -0.2) is 42.4 Å². The summed E-state index contributed by atoms with van der Waals surface area (Å²) in [6.07, 6.45) is 1.67. The van der Waals surface area contributed by atoms with Crippen LogP contribution in [0.3, 0.4) is 0 Å². The maximum atomic E-state index is 5.01. The first-order valence-electron chi connectivity index (χ1n) is 3.83. The molecule has 0 radical (unpaired) electrons. The van der Waals surface area contributed by atoms with Gasteiger partial charge in [-0.3, -0.25) is 4.90 Å². The lowest BCUT2D eigenvalue weighted by molar-refractivity contribution is 0.0390. The molecule has 4 heteroatoms. The van der Waals surface area contributed by atoms with Gasteiger partial charge >= 0.3 is 0 Å². The van der Waals surface area contributed by atoms with Gasteiger partial charge in [0.05, 0.1) is 0 Å². The van der Waals surface area contributed by atoms with Crippen molar-refractivity contribution in [1.29, 1.82) is 0 Å². The Bertz CT molecular complexity index is 124. The van der Waals surface area contributed by atoms with E-state index in [1.165, 1.54) is 11.5 Å². The number of nitrogens with zero attached hydrogens (tertiary/aromatic N) is 2. The Balaban J connectivity index is 2.04. The molecule has 3 nitrogen and oxygen atoms in total. The standard InChI is InChI=1S/C7H14N2OS/c1-2-8-10-7-9-3-5-11-6-4-9/h2H,3-7H2,1H3/b8-2-. The van der Waals surface area contributed by atoms with Crippen LogP contribution in [-0.2, 0) is 4.84 Å². The summed E-state index contributed by atoms with van der Waals surface area (Å²) in [5.41, 5.74) is 0. The molecule has 0 aromatic carbocycles. The summed E-state index contributed by atoms with van der Waals surface area (Å²) in [6, 6.07) is 0. The Kier molecular flexibility index (Phi) is 4.38. The second kappa shape index (κ2) is 5.43. The Hall–Kier alpha value is -0.220. The molecule has 0 amide bonds. The minimum absolute atomic E-state index is 0.644. The van der Waals surface area contributed by atoms with E-state index in [1.807, 2.05) is 18.7 Å². The maximum absolute atomic E-state index is 5.01. The molecule has 0 unspecified atom stereocenters. The molecule has 1 fully saturated rings. The highest BCUT2D eigenvalue weighted by Gasteiger charge is 2.09. The third kappa shape index (κ3) is 3.62. The van der Waals surface area contributed by atoms with Crippen molar-refractivity contribution in [2.45, 2.75) is 6.92 Å². The van der Waals surface area contributed by atoms with Crippen LogP contribution in [0.5, 0.6) is 0 Å². The van der Waals surface area contributed by atoms with Crippen LogP contribution in [0.4, 0.5) is 0 Å². The average Bonchev–Trinajstić information content (AvgIpc) is 2.07. The van der Waals surface area contributed by atoms with Crippen LogP contribution >= 0.6 is 11.8 Å². The summed E-state index contributed by atoms with van der Waals surface area (Å²) < 4.78 is 0. The van der Waals surface area contributed by atoms with Gasteiger partial charge in [-0.2, -0.15) is 11.8 Å². The molecule has 0 aromatic rings. The first-order valence-corrected chi connectivity index (χ1v) is 4.99. The van der Waals surface area contributed by atoms with E-state index in [-0.39, 0.29) is 0 Å². The molecule has 0 atom stereocenters. The second-order valence-corrected chi connectivity index (χ2v) is 3.58. The molecule has 1 saturated heterocycles. The summed E-state index contributed by atoms with van der Waals surface area (Å²) in [7, 11) is 0. The van der Waals surface area contributed by atoms with Crippen molar-refractivity contribution in [1.82, 2.24) is 4.90 Å². The molecule has 0 aromatic heterocycles. The van der Waals surface area contributed by atoms with Crippen LogP contribution in [0.1, 0.15) is 6.92 Å². The minimum Gasteiger partial charge on any atom is -0.380 e. The molecule has 0 saturated carbocycles. The Morgan fingerprint density at radius 1 is 1.55 bits per heavy atom. The molecule has 11 heavy (non-hydrogen) atoms. The summed E-state index contributed by atoms with van der Waals surface area (Å²) in [6.45, 7) is 4.75. The maximum Gasteiger partial charge on any atom is 0.170 e. The van der Waals surface area contributed by atoms with Crippen molar-refractivity contribution in [3.63, 3.8) is 0 Å². The smallest absolute Gasteiger partial charge is 0.170 e. The highest BCUT2D eigenvalue weighted by molar-refractivity contribution is 7.99. The van der Waals surface area contributed by atoms with Crippen molar-refractivity contribution in [3.8, 4) is 0 Å². The lowest BCUT2D eigenvalue weighted by atomic mass is 10.5. The third-order valence-corrected chi connectivity index (χ3v) is 2.47. The van der Waals surface area contributed by atoms with Crippen molar-refractivity contribution >= 4 is 18.0 Å². The molecule has 1 heterocycles. The highest BCUT2D eigenvalue weighted by atomic mass is 32.2. The summed E-state index contributed by atoms with van der Waals surface area (Å²) in [5, 5.41) is 3.69. The zero-order valence-electron chi connectivity index (χ0n) is 6.82. The minimum atomic E-state index is 0.644. The molecule has 64 valence electrons. The normalized spacial score (nSPS) is 20.8. The van der Waals surface area contributed by atoms with Gasteiger partial charge in [0.2, 0.25) is 0 Å². The first-order chi connectivity index (χ1) is 5.43. The predicted octanol–water partition coefficient (Wildman–Crippen LogP) is 1.02. The van der Waals surface area contributed by atoms with E-state index >= 15 is 0 Å². The van der Waals surface area contributed by atoms with Gasteiger partial charge in [0.15, 0.2) is 6.73 Å². The Morgan fingerprint density at radius 2 is 2.27 bits per heavy atom. The molecule has 0 spiro atoms. The molecule has 0 aliphatic carbocycles. The van der Waals surface area contributed by atoms with Gasteiger partial charge in [-0.1, -0.05) is 5.16 Å². The topological polar surface area (TPSA) is 24.8 Å². The van der Waals surface area contributed by atoms with E-state index in [0.717, 1.165) is 13.1 Å². The fraction of sp³-hybridized carbons (Fsp3) is 0.857. The van der Waals surface area contributed by atoms with Gasteiger partial charge in [-0.15, -0.1) is 0 Å². The zero-order chi connectivity index (χ0) is 7.94. The molecular weight excluding hydrogens is 160 g/mol. The van der Waals surface area contributed by atoms with Crippen LogP contribution in [0.25, 0.3) is 0 Å². The van der Waals surface area contributed by atoms with E-state index in [9.17, 15) is 0 Å². The largest absolute Gasteiger partial charge is 0.380 e. The Labute approximate surface area is 71.8 Å². The quantitative estimate of drug-likeness (QED) is 0.471. The van der Waals surface area contributed by atoms with E-state index in [1.54, 1.807) is 6.21 Å².